The summed E-state index contributed by atoms with van der Waals surface area (Å²) < 4.78 is 26.4. The van der Waals surface area contributed by atoms with E-state index >= 15 is 0 Å². The molecule has 5 heteroatoms. The lowest BCUT2D eigenvalue weighted by Gasteiger charge is -2.20. The van der Waals surface area contributed by atoms with Crippen LogP contribution in [-0.2, 0) is 0 Å². The number of carbonyl (C=O) groups is 1. The van der Waals surface area contributed by atoms with Crippen LogP contribution in [0.2, 0.25) is 0 Å². The second-order valence-corrected chi connectivity index (χ2v) is 3.94. The van der Waals surface area contributed by atoms with Crippen LogP contribution in [0.3, 0.4) is 0 Å². The monoisotopic (exact) mass is 238 g/mol. The van der Waals surface area contributed by atoms with Crippen molar-refractivity contribution < 1.29 is 13.6 Å². The summed E-state index contributed by atoms with van der Waals surface area (Å²) in [5.74, 6) is -2.94. The minimum absolute atomic E-state index is 0.121. The Morgan fingerprint density at radius 2 is 2.29 bits per heavy atom. The van der Waals surface area contributed by atoms with E-state index in [1.807, 2.05) is 0 Å². The van der Waals surface area contributed by atoms with Gasteiger partial charge in [0, 0.05) is 18.8 Å². The molecule has 2 rings (SSSR count). The smallest absolute Gasteiger partial charge is 0.257 e. The molecule has 0 saturated heterocycles. The molecule has 1 saturated carbocycles. The summed E-state index contributed by atoms with van der Waals surface area (Å²) in [5, 5.41) is 0. The molecule has 0 N–H and O–H groups in total. The minimum Gasteiger partial charge on any atom is -0.332 e. The molecule has 1 aliphatic carbocycles. The van der Waals surface area contributed by atoms with Crippen LogP contribution in [-0.4, -0.2) is 28.4 Å². The summed E-state index contributed by atoms with van der Waals surface area (Å²) in [4.78, 5) is 16.7. The molecule has 0 spiro atoms. The van der Waals surface area contributed by atoms with E-state index in [9.17, 15) is 13.6 Å². The van der Waals surface area contributed by atoms with Crippen molar-refractivity contribution in [2.24, 2.45) is 0 Å². The SMILES string of the molecule is C=CCN(C(=O)c1ccnc(F)c1F)C1CC1. The fourth-order valence-electron chi connectivity index (χ4n) is 1.66. The van der Waals surface area contributed by atoms with Crippen LogP contribution in [0, 0.1) is 11.8 Å². The zero-order valence-corrected chi connectivity index (χ0v) is 9.20. The number of carbonyl (C=O) groups excluding carboxylic acids is 1. The van der Waals surface area contributed by atoms with Gasteiger partial charge in [-0.05, 0) is 18.9 Å². The average Bonchev–Trinajstić information content (AvgIpc) is 3.13. The van der Waals surface area contributed by atoms with E-state index in [1.54, 1.807) is 6.08 Å². The third-order valence-electron chi connectivity index (χ3n) is 2.65. The molecule has 1 heterocycles. The van der Waals surface area contributed by atoms with Gasteiger partial charge in [-0.3, -0.25) is 4.79 Å². The molecule has 1 fully saturated rings. The van der Waals surface area contributed by atoms with E-state index in [2.05, 4.69) is 11.6 Å². The first-order valence-corrected chi connectivity index (χ1v) is 5.37. The molecule has 1 aliphatic rings. The number of pyridine rings is 1. The van der Waals surface area contributed by atoms with Crippen LogP contribution in [0.1, 0.15) is 23.2 Å². The molecular formula is C12H12F2N2O. The zero-order chi connectivity index (χ0) is 12.4. The van der Waals surface area contributed by atoms with Gasteiger partial charge in [-0.2, -0.15) is 4.39 Å². The molecule has 1 aromatic heterocycles. The summed E-state index contributed by atoms with van der Waals surface area (Å²) in [6, 6.07) is 1.32. The highest BCUT2D eigenvalue weighted by Gasteiger charge is 2.33. The van der Waals surface area contributed by atoms with Gasteiger partial charge >= 0.3 is 0 Å². The Kier molecular flexibility index (Phi) is 3.17. The molecular weight excluding hydrogens is 226 g/mol. The summed E-state index contributed by atoms with van der Waals surface area (Å²) in [7, 11) is 0. The Morgan fingerprint density at radius 1 is 1.59 bits per heavy atom. The minimum atomic E-state index is -1.25. The van der Waals surface area contributed by atoms with Crippen LogP contribution in [0.4, 0.5) is 8.78 Å². The number of halogens is 2. The number of amides is 1. The Morgan fingerprint density at radius 3 is 2.88 bits per heavy atom. The van der Waals surface area contributed by atoms with Gasteiger partial charge < -0.3 is 4.90 Å². The van der Waals surface area contributed by atoms with Crippen LogP contribution in [0.5, 0.6) is 0 Å². The van der Waals surface area contributed by atoms with E-state index in [1.165, 1.54) is 11.0 Å². The number of hydrogen-bond donors (Lipinski definition) is 0. The molecule has 0 radical (unpaired) electrons. The van der Waals surface area contributed by atoms with E-state index in [4.69, 9.17) is 0 Å². The van der Waals surface area contributed by atoms with Gasteiger partial charge in [-0.15, -0.1) is 6.58 Å². The lowest BCUT2D eigenvalue weighted by atomic mass is 10.2. The number of hydrogen-bond acceptors (Lipinski definition) is 2. The normalized spacial score (nSPS) is 14.5. The Bertz CT molecular complexity index is 458. The quantitative estimate of drug-likeness (QED) is 0.595. The lowest BCUT2D eigenvalue weighted by Crippen LogP contribution is -2.34. The summed E-state index contributed by atoms with van der Waals surface area (Å²) >= 11 is 0. The Hall–Kier alpha value is -1.78. The molecule has 0 bridgehead atoms. The predicted molar refractivity (Wildman–Crippen MR) is 58.4 cm³/mol. The summed E-state index contributed by atoms with van der Waals surface area (Å²) in [5.41, 5.74) is -0.272. The zero-order valence-electron chi connectivity index (χ0n) is 9.20. The molecule has 0 atom stereocenters. The van der Waals surface area contributed by atoms with Crippen molar-refractivity contribution in [2.45, 2.75) is 18.9 Å². The summed E-state index contributed by atoms with van der Waals surface area (Å²) in [6.45, 7) is 3.89. The van der Waals surface area contributed by atoms with Gasteiger partial charge in [-0.1, -0.05) is 6.08 Å². The van der Waals surface area contributed by atoms with Gasteiger partial charge in [0.25, 0.3) is 5.91 Å². The maximum Gasteiger partial charge on any atom is 0.257 e. The first-order chi connectivity index (χ1) is 8.15. The van der Waals surface area contributed by atoms with Crippen molar-refractivity contribution in [2.75, 3.05) is 6.54 Å². The Labute approximate surface area is 97.8 Å². The first-order valence-electron chi connectivity index (χ1n) is 5.37. The third-order valence-corrected chi connectivity index (χ3v) is 2.65. The number of aromatic nitrogens is 1. The van der Waals surface area contributed by atoms with Gasteiger partial charge in [0.05, 0.1) is 5.56 Å². The molecule has 1 amide bonds. The van der Waals surface area contributed by atoms with Gasteiger partial charge in [0.15, 0.2) is 5.82 Å². The predicted octanol–water partition coefficient (Wildman–Crippen LogP) is 2.15. The van der Waals surface area contributed by atoms with Crippen molar-refractivity contribution in [3.8, 4) is 0 Å². The van der Waals surface area contributed by atoms with Crippen LogP contribution < -0.4 is 0 Å². The van der Waals surface area contributed by atoms with Crippen molar-refractivity contribution in [1.82, 2.24) is 9.88 Å². The molecule has 17 heavy (non-hydrogen) atoms. The largest absolute Gasteiger partial charge is 0.332 e. The van der Waals surface area contributed by atoms with Gasteiger partial charge in [0.2, 0.25) is 5.95 Å². The highest BCUT2D eigenvalue weighted by molar-refractivity contribution is 5.94. The Balaban J connectivity index is 2.28. The average molecular weight is 238 g/mol. The molecule has 0 aliphatic heterocycles. The van der Waals surface area contributed by atoms with E-state index in [0.717, 1.165) is 19.0 Å². The van der Waals surface area contributed by atoms with Gasteiger partial charge in [-0.25, -0.2) is 9.37 Å². The van der Waals surface area contributed by atoms with Crippen LogP contribution in [0.15, 0.2) is 24.9 Å². The lowest BCUT2D eigenvalue weighted by molar-refractivity contribution is 0.0756. The van der Waals surface area contributed by atoms with Crippen LogP contribution >= 0.6 is 0 Å². The standard InChI is InChI=1S/C12H12F2N2O/c1-2-7-16(8-3-4-8)12(17)9-5-6-15-11(14)10(9)13/h2,5-6,8H,1,3-4,7H2. The van der Waals surface area contributed by atoms with Crippen LogP contribution in [0.25, 0.3) is 0 Å². The molecule has 3 nitrogen and oxygen atoms in total. The highest BCUT2D eigenvalue weighted by Crippen LogP contribution is 2.28. The van der Waals surface area contributed by atoms with Crippen molar-refractivity contribution >= 4 is 5.91 Å². The van der Waals surface area contributed by atoms with Gasteiger partial charge in [0.1, 0.15) is 0 Å². The topological polar surface area (TPSA) is 33.2 Å². The second kappa shape index (κ2) is 4.61. The molecule has 0 unspecified atom stereocenters. The molecule has 90 valence electrons. The van der Waals surface area contributed by atoms with Crippen molar-refractivity contribution in [1.29, 1.82) is 0 Å². The maximum atomic E-state index is 13.4. The first kappa shape index (κ1) is 11.7. The number of rotatable bonds is 4. The van der Waals surface area contributed by atoms with E-state index < -0.39 is 17.7 Å². The fraction of sp³-hybridized carbons (Fsp3) is 0.333. The fourth-order valence-corrected chi connectivity index (χ4v) is 1.66. The third kappa shape index (κ3) is 2.33. The number of nitrogens with zero attached hydrogens (tertiary/aromatic N) is 2. The van der Waals surface area contributed by atoms with E-state index in [0.29, 0.717) is 6.54 Å². The molecule has 1 aromatic rings. The summed E-state index contributed by atoms with van der Waals surface area (Å²) in [6.07, 6.45) is 4.46. The van der Waals surface area contributed by atoms with Crippen molar-refractivity contribution in [3.63, 3.8) is 0 Å². The highest BCUT2D eigenvalue weighted by atomic mass is 19.2. The molecule has 0 aromatic carbocycles. The van der Waals surface area contributed by atoms with Crippen molar-refractivity contribution in [3.05, 3.63) is 42.2 Å². The maximum absolute atomic E-state index is 13.4. The second-order valence-electron chi connectivity index (χ2n) is 3.94. The van der Waals surface area contributed by atoms with E-state index in [-0.39, 0.29) is 11.6 Å².